The van der Waals surface area contributed by atoms with Crippen molar-refractivity contribution in [3.05, 3.63) is 17.6 Å². The third-order valence-electron chi connectivity index (χ3n) is 2.44. The number of anilines is 1. The number of hydrazine groups is 1. The van der Waals surface area contributed by atoms with Gasteiger partial charge < -0.3 is 5.43 Å². The zero-order chi connectivity index (χ0) is 12.2. The van der Waals surface area contributed by atoms with Crippen LogP contribution in [-0.4, -0.2) is 9.97 Å². The topological polar surface area (TPSA) is 63.8 Å². The lowest BCUT2D eigenvalue weighted by atomic mass is 9.92. The van der Waals surface area contributed by atoms with Crippen LogP contribution < -0.4 is 11.3 Å². The van der Waals surface area contributed by atoms with Crippen molar-refractivity contribution < 1.29 is 0 Å². The van der Waals surface area contributed by atoms with Crippen LogP contribution in [0.4, 0.5) is 5.82 Å². The minimum atomic E-state index is 0.0233. The Morgan fingerprint density at radius 2 is 2.00 bits per heavy atom. The molecule has 4 nitrogen and oxygen atoms in total. The van der Waals surface area contributed by atoms with Gasteiger partial charge in [-0.2, -0.15) is 0 Å². The minimum absolute atomic E-state index is 0.0233. The number of nitrogen functional groups attached to an aromatic ring is 1. The number of aryl methyl sites for hydroxylation is 1. The van der Waals surface area contributed by atoms with Crippen molar-refractivity contribution in [2.24, 2.45) is 5.84 Å². The average Bonchev–Trinajstić information content (AvgIpc) is 2.24. The van der Waals surface area contributed by atoms with Gasteiger partial charge in [-0.15, -0.1) is 0 Å². The Morgan fingerprint density at radius 1 is 1.31 bits per heavy atom. The first-order valence-corrected chi connectivity index (χ1v) is 5.82. The van der Waals surface area contributed by atoms with E-state index < -0.39 is 0 Å². The molecule has 0 saturated heterocycles. The smallest absolute Gasteiger partial charge is 0.143 e. The molecule has 90 valence electrons. The van der Waals surface area contributed by atoms with Gasteiger partial charge in [-0.1, -0.05) is 34.1 Å². The van der Waals surface area contributed by atoms with Crippen LogP contribution in [0.15, 0.2) is 6.07 Å². The lowest BCUT2D eigenvalue weighted by molar-refractivity contribution is 0.560. The number of aromatic nitrogens is 2. The summed E-state index contributed by atoms with van der Waals surface area (Å²) < 4.78 is 0. The zero-order valence-electron chi connectivity index (χ0n) is 10.7. The number of unbranched alkanes of at least 4 members (excludes halogenated alkanes) is 1. The van der Waals surface area contributed by atoms with Gasteiger partial charge in [-0.05, 0) is 6.42 Å². The van der Waals surface area contributed by atoms with Crippen molar-refractivity contribution in [2.45, 2.75) is 52.4 Å². The molecule has 4 heteroatoms. The van der Waals surface area contributed by atoms with Crippen LogP contribution in [0.25, 0.3) is 0 Å². The van der Waals surface area contributed by atoms with E-state index in [4.69, 9.17) is 5.84 Å². The summed E-state index contributed by atoms with van der Waals surface area (Å²) in [5.41, 5.74) is 3.66. The van der Waals surface area contributed by atoms with E-state index in [0.717, 1.165) is 30.8 Å². The summed E-state index contributed by atoms with van der Waals surface area (Å²) in [5, 5.41) is 0. The monoisotopic (exact) mass is 222 g/mol. The Hall–Kier alpha value is -1.16. The van der Waals surface area contributed by atoms with E-state index in [1.165, 1.54) is 0 Å². The normalized spacial score (nSPS) is 11.6. The van der Waals surface area contributed by atoms with Crippen LogP contribution in [0.3, 0.4) is 0 Å². The molecule has 0 saturated carbocycles. The highest BCUT2D eigenvalue weighted by molar-refractivity contribution is 5.36. The van der Waals surface area contributed by atoms with Gasteiger partial charge in [0, 0.05) is 17.9 Å². The summed E-state index contributed by atoms with van der Waals surface area (Å²) in [6, 6.07) is 1.91. The molecule has 0 aliphatic heterocycles. The summed E-state index contributed by atoms with van der Waals surface area (Å²) in [7, 11) is 0. The largest absolute Gasteiger partial charge is 0.308 e. The Bertz CT molecular complexity index is 341. The van der Waals surface area contributed by atoms with E-state index in [1.54, 1.807) is 0 Å². The fraction of sp³-hybridized carbons (Fsp3) is 0.667. The fourth-order valence-electron chi connectivity index (χ4n) is 1.40. The summed E-state index contributed by atoms with van der Waals surface area (Å²) in [4.78, 5) is 8.94. The third-order valence-corrected chi connectivity index (χ3v) is 2.44. The summed E-state index contributed by atoms with van der Waals surface area (Å²) in [5.74, 6) is 7.00. The molecular weight excluding hydrogens is 200 g/mol. The molecule has 0 amide bonds. The second-order valence-corrected chi connectivity index (χ2v) is 5.05. The predicted molar refractivity (Wildman–Crippen MR) is 67.2 cm³/mol. The molecule has 0 aromatic carbocycles. The van der Waals surface area contributed by atoms with Crippen molar-refractivity contribution in [1.82, 2.24) is 9.97 Å². The molecule has 0 atom stereocenters. The van der Waals surface area contributed by atoms with Crippen molar-refractivity contribution in [1.29, 1.82) is 0 Å². The van der Waals surface area contributed by atoms with Gasteiger partial charge in [0.15, 0.2) is 0 Å². The van der Waals surface area contributed by atoms with Gasteiger partial charge in [0.1, 0.15) is 11.6 Å². The van der Waals surface area contributed by atoms with Crippen LogP contribution >= 0.6 is 0 Å². The Kier molecular flexibility index (Phi) is 4.24. The molecule has 0 unspecified atom stereocenters. The standard InChI is InChI=1S/C12H22N4/c1-5-6-7-10-14-9(12(2,3)4)8-11(15-10)16-13/h8H,5-7,13H2,1-4H3,(H,14,15,16). The van der Waals surface area contributed by atoms with Gasteiger partial charge in [0.2, 0.25) is 0 Å². The lowest BCUT2D eigenvalue weighted by Gasteiger charge is -2.19. The SMILES string of the molecule is CCCCc1nc(NN)cc(C(C)(C)C)n1. The molecule has 0 aliphatic carbocycles. The highest BCUT2D eigenvalue weighted by atomic mass is 15.3. The van der Waals surface area contributed by atoms with Crippen LogP contribution in [0.5, 0.6) is 0 Å². The van der Waals surface area contributed by atoms with Crippen molar-refractivity contribution >= 4 is 5.82 Å². The second-order valence-electron chi connectivity index (χ2n) is 5.05. The van der Waals surface area contributed by atoms with Crippen LogP contribution in [0.1, 0.15) is 52.1 Å². The van der Waals surface area contributed by atoms with E-state index in [2.05, 4.69) is 43.1 Å². The van der Waals surface area contributed by atoms with E-state index >= 15 is 0 Å². The van der Waals surface area contributed by atoms with E-state index in [1.807, 2.05) is 6.07 Å². The maximum atomic E-state index is 5.42. The summed E-state index contributed by atoms with van der Waals surface area (Å²) in [6.45, 7) is 8.58. The fourth-order valence-corrected chi connectivity index (χ4v) is 1.40. The quantitative estimate of drug-likeness (QED) is 0.606. The molecular formula is C12H22N4. The number of nitrogens with zero attached hydrogens (tertiary/aromatic N) is 2. The van der Waals surface area contributed by atoms with E-state index in [-0.39, 0.29) is 5.41 Å². The number of hydrogen-bond donors (Lipinski definition) is 2. The Balaban J connectivity index is 3.01. The maximum Gasteiger partial charge on any atom is 0.143 e. The molecule has 0 aliphatic rings. The predicted octanol–water partition coefficient (Wildman–Crippen LogP) is 2.40. The van der Waals surface area contributed by atoms with Crippen molar-refractivity contribution in [3.8, 4) is 0 Å². The molecule has 16 heavy (non-hydrogen) atoms. The molecule has 1 aromatic rings. The summed E-state index contributed by atoms with van der Waals surface area (Å²) >= 11 is 0. The molecule has 1 heterocycles. The van der Waals surface area contributed by atoms with Gasteiger partial charge in [0.05, 0.1) is 5.69 Å². The number of nitrogens with two attached hydrogens (primary N) is 1. The van der Waals surface area contributed by atoms with E-state index in [9.17, 15) is 0 Å². The van der Waals surface area contributed by atoms with Crippen LogP contribution in [-0.2, 0) is 11.8 Å². The third kappa shape index (κ3) is 3.45. The summed E-state index contributed by atoms with van der Waals surface area (Å²) in [6.07, 6.45) is 3.17. The Labute approximate surface area is 97.7 Å². The first kappa shape index (κ1) is 12.9. The first-order chi connectivity index (χ1) is 7.47. The molecule has 0 radical (unpaired) electrons. The van der Waals surface area contributed by atoms with Gasteiger partial charge in [0.25, 0.3) is 0 Å². The zero-order valence-corrected chi connectivity index (χ0v) is 10.7. The molecule has 1 rings (SSSR count). The molecule has 0 spiro atoms. The highest BCUT2D eigenvalue weighted by Crippen LogP contribution is 2.22. The van der Waals surface area contributed by atoms with Crippen molar-refractivity contribution in [2.75, 3.05) is 5.43 Å². The second kappa shape index (κ2) is 5.25. The highest BCUT2D eigenvalue weighted by Gasteiger charge is 2.17. The average molecular weight is 222 g/mol. The number of rotatable bonds is 4. The number of hydrogen-bond acceptors (Lipinski definition) is 4. The first-order valence-electron chi connectivity index (χ1n) is 5.82. The van der Waals surface area contributed by atoms with Crippen molar-refractivity contribution in [3.63, 3.8) is 0 Å². The molecule has 0 bridgehead atoms. The molecule has 3 N–H and O–H groups in total. The lowest BCUT2D eigenvalue weighted by Crippen LogP contribution is -2.18. The Morgan fingerprint density at radius 3 is 2.50 bits per heavy atom. The molecule has 1 aromatic heterocycles. The van der Waals surface area contributed by atoms with Gasteiger partial charge in [-0.25, -0.2) is 15.8 Å². The van der Waals surface area contributed by atoms with Crippen LogP contribution in [0, 0.1) is 0 Å². The number of nitrogens with one attached hydrogen (secondary N) is 1. The molecule has 0 fully saturated rings. The maximum absolute atomic E-state index is 5.42. The van der Waals surface area contributed by atoms with Gasteiger partial charge >= 0.3 is 0 Å². The van der Waals surface area contributed by atoms with Crippen LogP contribution in [0.2, 0.25) is 0 Å². The van der Waals surface area contributed by atoms with Gasteiger partial charge in [-0.3, -0.25) is 0 Å². The van der Waals surface area contributed by atoms with E-state index in [0.29, 0.717) is 5.82 Å². The minimum Gasteiger partial charge on any atom is -0.308 e.